The maximum Gasteiger partial charge on any atom is 0.339 e. The third-order valence-corrected chi connectivity index (χ3v) is 12.5. The highest BCUT2D eigenvalue weighted by Crippen LogP contribution is 2.29. The molecule has 2 fully saturated rings. The first-order valence-electron chi connectivity index (χ1n) is 22.3. The molecule has 1 saturated carbocycles. The average Bonchev–Trinajstić information content (AvgIpc) is 3.24. The highest BCUT2D eigenvalue weighted by Gasteiger charge is 2.44. The van der Waals surface area contributed by atoms with Gasteiger partial charge in [-0.05, 0) is 68.6 Å². The third-order valence-electron chi connectivity index (χ3n) is 11.2. The second-order valence-electron chi connectivity index (χ2n) is 17.4. The Morgan fingerprint density at radius 1 is 0.779 bits per heavy atom. The van der Waals surface area contributed by atoms with Crippen molar-refractivity contribution in [3.05, 3.63) is 29.3 Å². The summed E-state index contributed by atoms with van der Waals surface area (Å²) < 4.78 is 13.1. The van der Waals surface area contributed by atoms with Crippen LogP contribution in [0.5, 0.6) is 5.75 Å². The van der Waals surface area contributed by atoms with Crippen LogP contribution in [-0.2, 0) is 65.2 Å². The number of carboxylic acid groups (broad SMARTS) is 2. The van der Waals surface area contributed by atoms with Gasteiger partial charge in [-0.1, -0.05) is 39.2 Å². The maximum absolute atomic E-state index is 14.6. The van der Waals surface area contributed by atoms with E-state index in [4.69, 9.17) is 11.5 Å². The molecule has 1 heterocycles. The summed E-state index contributed by atoms with van der Waals surface area (Å²) >= 11 is 0. The number of aromatic hydroxyl groups is 1. The molecule has 376 valence electrons. The van der Waals surface area contributed by atoms with E-state index in [2.05, 4.69) is 37.2 Å². The largest absolute Gasteiger partial charge is 0.507 e. The molecule has 6 atom stereocenters. The third kappa shape index (κ3) is 18.2. The Morgan fingerprint density at radius 3 is 2.06 bits per heavy atom. The molecular formula is C43H63N9O15S. The molecule has 25 heteroatoms. The maximum atomic E-state index is 14.6. The first kappa shape index (κ1) is 55.7. The van der Waals surface area contributed by atoms with Crippen LogP contribution in [0.25, 0.3) is 0 Å². The van der Waals surface area contributed by atoms with Crippen LogP contribution in [0.2, 0.25) is 0 Å². The van der Waals surface area contributed by atoms with Crippen molar-refractivity contribution in [3.63, 3.8) is 0 Å². The molecule has 24 nitrogen and oxygen atoms in total. The number of primary amides is 2. The van der Waals surface area contributed by atoms with Crippen LogP contribution in [0, 0.1) is 5.92 Å². The lowest BCUT2D eigenvalue weighted by molar-refractivity contribution is -0.139. The Bertz CT molecular complexity index is 2100. The molecule has 1 saturated heterocycles. The summed E-state index contributed by atoms with van der Waals surface area (Å²) in [7, 11) is -2.16. The smallest absolute Gasteiger partial charge is 0.339 e. The molecule has 2 aliphatic rings. The monoisotopic (exact) mass is 977 g/mol. The van der Waals surface area contributed by atoms with E-state index < -0.39 is 154 Å². The van der Waals surface area contributed by atoms with Gasteiger partial charge in [0.2, 0.25) is 53.2 Å². The van der Waals surface area contributed by atoms with Gasteiger partial charge in [-0.25, -0.2) is 4.79 Å². The van der Waals surface area contributed by atoms with Crippen LogP contribution < -0.4 is 48.7 Å². The molecule has 1 aliphatic carbocycles. The average molecular weight is 978 g/mol. The number of nitrogens with one attached hydrogen (secondary N) is 7. The molecule has 0 unspecified atom stereocenters. The van der Waals surface area contributed by atoms with Crippen LogP contribution in [0.15, 0.2) is 18.2 Å². The number of rotatable bonds is 12. The predicted octanol–water partition coefficient (Wildman–Crippen LogP) is -2.41. The van der Waals surface area contributed by atoms with Gasteiger partial charge in [0.05, 0.1) is 12.2 Å². The Kier molecular flexibility index (Phi) is 21.8. The molecule has 9 amide bonds. The number of nitrogens with two attached hydrogens (primary N) is 2. The summed E-state index contributed by atoms with van der Waals surface area (Å²) in [6, 6.07) is -4.08. The summed E-state index contributed by atoms with van der Waals surface area (Å²) in [6.07, 6.45) is -0.204. The lowest BCUT2D eigenvalue weighted by atomic mass is 9.80. The minimum absolute atomic E-state index is 0.0474. The van der Waals surface area contributed by atoms with Gasteiger partial charge >= 0.3 is 11.9 Å². The molecule has 68 heavy (non-hydrogen) atoms. The van der Waals surface area contributed by atoms with Gasteiger partial charge in [-0.3, -0.25) is 52.2 Å². The number of hydrogen-bond acceptors (Lipinski definition) is 13. The predicted molar refractivity (Wildman–Crippen MR) is 241 cm³/mol. The summed E-state index contributed by atoms with van der Waals surface area (Å²) in [5.74, 6) is -13.2. The molecule has 0 aromatic heterocycles. The van der Waals surface area contributed by atoms with Crippen LogP contribution in [-0.4, -0.2) is 138 Å². The van der Waals surface area contributed by atoms with Crippen molar-refractivity contribution >= 4 is 75.9 Å². The topological polar surface area (TPSA) is 402 Å². The fraction of sp³-hybridized carbons (Fsp3) is 0.605. The fourth-order valence-corrected chi connectivity index (χ4v) is 8.84. The Morgan fingerprint density at radius 2 is 1.44 bits per heavy atom. The minimum Gasteiger partial charge on any atom is -0.507 e. The van der Waals surface area contributed by atoms with Crippen molar-refractivity contribution in [3.8, 4) is 5.75 Å². The normalized spacial score (nSPS) is 24.4. The molecular weight excluding hydrogens is 915 g/mol. The zero-order chi connectivity index (χ0) is 50.7. The number of aromatic carboxylic acids is 1. The van der Waals surface area contributed by atoms with Gasteiger partial charge in [0, 0.05) is 36.6 Å². The van der Waals surface area contributed by atoms with Gasteiger partial charge in [0.1, 0.15) is 52.8 Å². The Balaban J connectivity index is 2.12. The van der Waals surface area contributed by atoms with Crippen LogP contribution in [0.1, 0.15) is 113 Å². The Hall–Kier alpha value is -6.66. The number of carboxylic acids is 2. The molecule has 14 N–H and O–H groups in total. The van der Waals surface area contributed by atoms with Gasteiger partial charge in [-0.2, -0.15) is 0 Å². The number of aliphatic carboxylic acids is 1. The first-order valence-corrected chi connectivity index (χ1v) is 23.8. The van der Waals surface area contributed by atoms with E-state index >= 15 is 0 Å². The van der Waals surface area contributed by atoms with E-state index in [1.54, 1.807) is 13.8 Å². The van der Waals surface area contributed by atoms with Gasteiger partial charge in [-0.15, -0.1) is 0 Å². The van der Waals surface area contributed by atoms with E-state index in [0.29, 0.717) is 19.3 Å². The molecule has 1 aliphatic heterocycles. The number of carbonyl (C=O) groups is 11. The Labute approximate surface area is 394 Å². The van der Waals surface area contributed by atoms with Crippen molar-refractivity contribution < 1.29 is 72.3 Å². The molecule has 1 aromatic rings. The van der Waals surface area contributed by atoms with E-state index in [0.717, 1.165) is 12.1 Å². The molecule has 0 bridgehead atoms. The molecule has 0 radical (unpaired) electrons. The van der Waals surface area contributed by atoms with E-state index in [1.807, 2.05) is 0 Å². The fourth-order valence-electron chi connectivity index (χ4n) is 7.73. The number of hydrogen-bond donors (Lipinski definition) is 12. The van der Waals surface area contributed by atoms with E-state index in [-0.39, 0.29) is 69.4 Å². The summed E-state index contributed by atoms with van der Waals surface area (Å²) in [5.41, 5.74) is 8.80. The standard InChI is InChI=1S/C43H63N9O15S/c1-23(2)17-27-39(62)50-28(19-24-12-13-31(53)25(18-24)41(64)65)40(63)52-43(14-5-3-6-15-43)42(66)51-29(20-32(44)54)37(60)46-16-7-4-10-33(55)48-30(36(45)59)21-68(67)22-34(56)47-26(38(61)49-27)9-8-11-35(57)58/h12-13,18,23,26-30,53H,3-11,14-17,19-22H2,1-2H3,(H2,44,54)(H2,45,59)(H,46,60)(H,47,56)(H,48,55)(H,49,61)(H,50,62)(H,51,66)(H,52,63)(H,57,58)(H,64,65)/t26-,27-,28-,29-,30-,68-/m0/s1. The van der Waals surface area contributed by atoms with Crippen molar-refractivity contribution in [2.45, 2.75) is 139 Å². The van der Waals surface area contributed by atoms with Crippen LogP contribution >= 0.6 is 0 Å². The second-order valence-corrected chi connectivity index (χ2v) is 18.9. The van der Waals surface area contributed by atoms with Crippen molar-refractivity contribution in [1.29, 1.82) is 0 Å². The minimum atomic E-state index is -2.16. The van der Waals surface area contributed by atoms with Gasteiger partial charge in [0.15, 0.2) is 0 Å². The summed E-state index contributed by atoms with van der Waals surface area (Å²) in [6.45, 7) is 3.38. The molecule has 1 spiro atoms. The van der Waals surface area contributed by atoms with Gasteiger partial charge in [0.25, 0.3) is 0 Å². The SMILES string of the molecule is CC(C)C[C@@H]1NC(=O)[C@H](CCCC(=O)O)NC(=O)C[S@@](=O)C[C@@H](C(N)=O)NC(=O)CCCCNC(=O)[C@H](CC(N)=O)NC(=O)C2(CCCCC2)NC(=O)[C@H](Cc2ccc(O)c(C(=O)O)c2)NC1=O. The summed E-state index contributed by atoms with van der Waals surface area (Å²) in [5, 5.41) is 47.0. The highest BCUT2D eigenvalue weighted by atomic mass is 32.2. The zero-order valence-corrected chi connectivity index (χ0v) is 38.8. The number of phenols is 1. The zero-order valence-electron chi connectivity index (χ0n) is 38.0. The highest BCUT2D eigenvalue weighted by molar-refractivity contribution is 7.85. The number of benzene rings is 1. The van der Waals surface area contributed by atoms with E-state index in [9.17, 15) is 72.3 Å². The number of amides is 9. The molecule has 3 rings (SSSR count). The summed E-state index contributed by atoms with van der Waals surface area (Å²) in [4.78, 5) is 144. The number of carbonyl (C=O) groups excluding carboxylic acids is 9. The van der Waals surface area contributed by atoms with Crippen LogP contribution in [0.4, 0.5) is 0 Å². The van der Waals surface area contributed by atoms with E-state index in [1.165, 1.54) is 6.07 Å². The van der Waals surface area contributed by atoms with Crippen molar-refractivity contribution in [2.75, 3.05) is 18.1 Å². The van der Waals surface area contributed by atoms with Crippen molar-refractivity contribution in [1.82, 2.24) is 37.2 Å². The second kappa shape index (κ2) is 26.6. The van der Waals surface area contributed by atoms with Crippen molar-refractivity contribution in [2.24, 2.45) is 17.4 Å². The molecule has 1 aromatic carbocycles. The van der Waals surface area contributed by atoms with Crippen LogP contribution in [0.3, 0.4) is 0 Å². The van der Waals surface area contributed by atoms with Gasteiger partial charge < -0.3 is 64.0 Å². The lowest BCUT2D eigenvalue weighted by Crippen LogP contribution is -2.66. The lowest BCUT2D eigenvalue weighted by Gasteiger charge is -2.38. The first-order chi connectivity index (χ1) is 32.0. The quantitative estimate of drug-likeness (QED) is 0.104.